The van der Waals surface area contributed by atoms with Gasteiger partial charge in [0.25, 0.3) is 0 Å². The minimum atomic E-state index is -0.425. The Hall–Kier alpha value is -2.98. The highest BCUT2D eigenvalue weighted by Gasteiger charge is 2.03. The molecule has 0 saturated carbocycles. The molecule has 3 nitrogen and oxygen atoms in total. The molecule has 3 aromatic rings. The Morgan fingerprint density at radius 1 is 0.885 bits per heavy atom. The molecule has 0 aliphatic heterocycles. The standard InChI is InChI=1S/C22H21FN2O/c23-21-6-1-3-16(13-21)11-12-25-15-17-7-9-18(10-8-17)19-4-2-5-20(14-19)22(24)26/h1-10,13-14,25H,11-12,15H2,(H2,24,26). The van der Waals surface area contributed by atoms with Gasteiger partial charge < -0.3 is 11.1 Å². The molecule has 0 unspecified atom stereocenters. The molecule has 1 amide bonds. The fraction of sp³-hybridized carbons (Fsp3) is 0.136. The van der Waals surface area contributed by atoms with Crippen LogP contribution in [0.15, 0.2) is 72.8 Å². The Bertz CT molecular complexity index is 891. The van der Waals surface area contributed by atoms with Gasteiger partial charge in [0.2, 0.25) is 5.91 Å². The largest absolute Gasteiger partial charge is 0.366 e. The first kappa shape index (κ1) is 17.8. The average Bonchev–Trinajstić information content (AvgIpc) is 2.66. The maximum absolute atomic E-state index is 13.1. The Balaban J connectivity index is 1.54. The minimum Gasteiger partial charge on any atom is -0.366 e. The topological polar surface area (TPSA) is 55.1 Å². The highest BCUT2D eigenvalue weighted by molar-refractivity contribution is 5.94. The molecule has 3 N–H and O–H groups in total. The second-order valence-electron chi connectivity index (χ2n) is 6.20. The molecule has 0 aliphatic carbocycles. The van der Waals surface area contributed by atoms with Gasteiger partial charge in [-0.15, -0.1) is 0 Å². The number of rotatable bonds is 7. The molecule has 0 saturated heterocycles. The first-order valence-corrected chi connectivity index (χ1v) is 8.56. The van der Waals surface area contributed by atoms with Crippen molar-refractivity contribution < 1.29 is 9.18 Å². The van der Waals surface area contributed by atoms with Gasteiger partial charge in [-0.05, 0) is 59.5 Å². The predicted molar refractivity (Wildman–Crippen MR) is 102 cm³/mol. The van der Waals surface area contributed by atoms with Gasteiger partial charge in [0, 0.05) is 12.1 Å². The normalized spacial score (nSPS) is 10.7. The summed E-state index contributed by atoms with van der Waals surface area (Å²) < 4.78 is 13.1. The molecular weight excluding hydrogens is 327 g/mol. The van der Waals surface area contributed by atoms with Crippen molar-refractivity contribution in [1.82, 2.24) is 5.32 Å². The zero-order valence-corrected chi connectivity index (χ0v) is 14.4. The molecule has 26 heavy (non-hydrogen) atoms. The van der Waals surface area contributed by atoms with Crippen LogP contribution < -0.4 is 11.1 Å². The molecule has 3 rings (SSSR count). The van der Waals surface area contributed by atoms with E-state index in [4.69, 9.17) is 5.73 Å². The van der Waals surface area contributed by atoms with Crippen LogP contribution >= 0.6 is 0 Å². The van der Waals surface area contributed by atoms with Gasteiger partial charge in [-0.3, -0.25) is 4.79 Å². The molecule has 0 bridgehead atoms. The molecule has 0 fully saturated rings. The first-order chi connectivity index (χ1) is 12.6. The lowest BCUT2D eigenvalue weighted by Crippen LogP contribution is -2.16. The van der Waals surface area contributed by atoms with Crippen LogP contribution in [0.2, 0.25) is 0 Å². The van der Waals surface area contributed by atoms with Crippen molar-refractivity contribution in [2.24, 2.45) is 5.73 Å². The monoisotopic (exact) mass is 348 g/mol. The van der Waals surface area contributed by atoms with E-state index in [1.165, 1.54) is 11.6 Å². The number of carbonyl (C=O) groups is 1. The molecule has 132 valence electrons. The molecule has 0 aliphatic rings. The molecule has 4 heteroatoms. The third kappa shape index (κ3) is 4.77. The van der Waals surface area contributed by atoms with Crippen LogP contribution in [0.1, 0.15) is 21.5 Å². The van der Waals surface area contributed by atoms with E-state index < -0.39 is 5.91 Å². The van der Waals surface area contributed by atoms with Crippen LogP contribution in [0.3, 0.4) is 0 Å². The summed E-state index contributed by atoms with van der Waals surface area (Å²) in [7, 11) is 0. The molecule has 0 atom stereocenters. The Morgan fingerprint density at radius 3 is 2.38 bits per heavy atom. The van der Waals surface area contributed by atoms with Crippen LogP contribution in [0.5, 0.6) is 0 Å². The van der Waals surface area contributed by atoms with Crippen molar-refractivity contribution in [2.75, 3.05) is 6.54 Å². The third-order valence-electron chi connectivity index (χ3n) is 4.24. The van der Waals surface area contributed by atoms with Gasteiger partial charge in [-0.2, -0.15) is 0 Å². The summed E-state index contributed by atoms with van der Waals surface area (Å²) in [5.74, 6) is -0.621. The first-order valence-electron chi connectivity index (χ1n) is 8.56. The average molecular weight is 348 g/mol. The van der Waals surface area contributed by atoms with Crippen molar-refractivity contribution in [3.05, 3.63) is 95.3 Å². The van der Waals surface area contributed by atoms with E-state index in [0.29, 0.717) is 5.56 Å². The Kier molecular flexibility index (Phi) is 5.77. The van der Waals surface area contributed by atoms with E-state index in [1.54, 1.807) is 24.3 Å². The number of amides is 1. The summed E-state index contributed by atoms with van der Waals surface area (Å²) in [4.78, 5) is 11.3. The lowest BCUT2D eigenvalue weighted by atomic mass is 10.0. The van der Waals surface area contributed by atoms with E-state index in [1.807, 2.05) is 30.3 Å². The van der Waals surface area contributed by atoms with Crippen molar-refractivity contribution >= 4 is 5.91 Å². The summed E-state index contributed by atoms with van der Waals surface area (Å²) >= 11 is 0. The predicted octanol–water partition coefficient (Wildman–Crippen LogP) is 3.92. The lowest BCUT2D eigenvalue weighted by molar-refractivity contribution is 0.100. The van der Waals surface area contributed by atoms with E-state index in [-0.39, 0.29) is 5.82 Å². The van der Waals surface area contributed by atoms with Crippen LogP contribution in [-0.2, 0) is 13.0 Å². The summed E-state index contributed by atoms with van der Waals surface area (Å²) in [6.07, 6.45) is 0.787. The molecule has 0 spiro atoms. The van der Waals surface area contributed by atoms with Gasteiger partial charge in [-0.25, -0.2) is 4.39 Å². The maximum Gasteiger partial charge on any atom is 0.248 e. The molecular formula is C22H21FN2O. The lowest BCUT2D eigenvalue weighted by Gasteiger charge is -2.08. The molecule has 0 heterocycles. The fourth-order valence-corrected chi connectivity index (χ4v) is 2.82. The smallest absolute Gasteiger partial charge is 0.248 e. The van der Waals surface area contributed by atoms with E-state index >= 15 is 0 Å². The number of hydrogen-bond acceptors (Lipinski definition) is 2. The third-order valence-corrected chi connectivity index (χ3v) is 4.24. The number of halogens is 1. The minimum absolute atomic E-state index is 0.196. The SMILES string of the molecule is NC(=O)c1cccc(-c2ccc(CNCCc3cccc(F)c3)cc2)c1. The van der Waals surface area contributed by atoms with Gasteiger partial charge in [-0.1, -0.05) is 48.5 Å². The van der Waals surface area contributed by atoms with Crippen LogP contribution in [0.4, 0.5) is 4.39 Å². The fourth-order valence-electron chi connectivity index (χ4n) is 2.82. The highest BCUT2D eigenvalue weighted by atomic mass is 19.1. The summed E-state index contributed by atoms with van der Waals surface area (Å²) in [5.41, 5.74) is 10.00. The van der Waals surface area contributed by atoms with Gasteiger partial charge >= 0.3 is 0 Å². The van der Waals surface area contributed by atoms with E-state index in [9.17, 15) is 9.18 Å². The second kappa shape index (κ2) is 8.41. The van der Waals surface area contributed by atoms with Crippen LogP contribution in [0.25, 0.3) is 11.1 Å². The second-order valence-corrected chi connectivity index (χ2v) is 6.20. The van der Waals surface area contributed by atoms with Crippen molar-refractivity contribution in [1.29, 1.82) is 0 Å². The number of benzene rings is 3. The summed E-state index contributed by atoms with van der Waals surface area (Å²) in [6.45, 7) is 1.53. The van der Waals surface area contributed by atoms with Gasteiger partial charge in [0.1, 0.15) is 5.82 Å². The molecule has 0 aromatic heterocycles. The number of nitrogens with one attached hydrogen (secondary N) is 1. The van der Waals surface area contributed by atoms with Crippen molar-refractivity contribution in [3.8, 4) is 11.1 Å². The zero-order chi connectivity index (χ0) is 18.4. The number of primary amides is 1. The maximum atomic E-state index is 13.1. The molecule has 3 aromatic carbocycles. The van der Waals surface area contributed by atoms with Crippen LogP contribution in [-0.4, -0.2) is 12.5 Å². The highest BCUT2D eigenvalue weighted by Crippen LogP contribution is 2.21. The molecule has 0 radical (unpaired) electrons. The van der Waals surface area contributed by atoms with Crippen LogP contribution in [0, 0.1) is 5.82 Å². The zero-order valence-electron chi connectivity index (χ0n) is 14.4. The Labute approximate surface area is 152 Å². The summed E-state index contributed by atoms with van der Waals surface area (Å²) in [5, 5.41) is 3.37. The van der Waals surface area contributed by atoms with E-state index in [2.05, 4.69) is 17.4 Å². The van der Waals surface area contributed by atoms with Crippen molar-refractivity contribution in [3.63, 3.8) is 0 Å². The number of nitrogens with two attached hydrogens (primary N) is 1. The van der Waals surface area contributed by atoms with Crippen molar-refractivity contribution in [2.45, 2.75) is 13.0 Å². The number of hydrogen-bond donors (Lipinski definition) is 2. The summed E-state index contributed by atoms with van der Waals surface area (Å²) in [6, 6.07) is 22.2. The van der Waals surface area contributed by atoms with Gasteiger partial charge in [0.05, 0.1) is 0 Å². The number of carbonyl (C=O) groups excluding carboxylic acids is 1. The quantitative estimate of drug-likeness (QED) is 0.636. The van der Waals surface area contributed by atoms with E-state index in [0.717, 1.165) is 36.2 Å². The Morgan fingerprint density at radius 2 is 1.65 bits per heavy atom. The van der Waals surface area contributed by atoms with Gasteiger partial charge in [0.15, 0.2) is 0 Å².